The predicted molar refractivity (Wildman–Crippen MR) is 82.4 cm³/mol. The first kappa shape index (κ1) is 14.7. The van der Waals surface area contributed by atoms with Gasteiger partial charge in [0, 0.05) is 11.7 Å². The first-order valence-corrected chi connectivity index (χ1v) is 6.76. The zero-order valence-electron chi connectivity index (χ0n) is 12.1. The van der Waals surface area contributed by atoms with Crippen LogP contribution in [0.4, 0.5) is 5.69 Å². The van der Waals surface area contributed by atoms with Crippen LogP contribution in [-0.2, 0) is 0 Å². The topological polar surface area (TPSA) is 65.3 Å². The van der Waals surface area contributed by atoms with Crippen molar-refractivity contribution in [1.29, 1.82) is 5.26 Å². The van der Waals surface area contributed by atoms with E-state index in [1.807, 2.05) is 49.4 Å². The second-order valence-corrected chi connectivity index (χ2v) is 4.88. The summed E-state index contributed by atoms with van der Waals surface area (Å²) in [5.74, 6) is 0.986. The summed E-state index contributed by atoms with van der Waals surface area (Å²) in [6, 6.07) is 15.2. The zero-order valence-corrected chi connectivity index (χ0v) is 12.1. The number of rotatable bonds is 5. The summed E-state index contributed by atoms with van der Waals surface area (Å²) in [6.45, 7) is 3.99. The highest BCUT2D eigenvalue weighted by Crippen LogP contribution is 2.25. The van der Waals surface area contributed by atoms with Crippen LogP contribution in [0.2, 0.25) is 0 Å². The van der Waals surface area contributed by atoms with Crippen molar-refractivity contribution in [3.05, 3.63) is 53.6 Å². The fraction of sp³-hybridized carbons (Fsp3) is 0.235. The lowest BCUT2D eigenvalue weighted by atomic mass is 10.1. The van der Waals surface area contributed by atoms with Crippen LogP contribution >= 0.6 is 0 Å². The molecule has 0 aliphatic rings. The molecule has 108 valence electrons. The molecule has 0 aliphatic heterocycles. The predicted octanol–water partition coefficient (Wildman–Crippen LogP) is 3.78. The first-order valence-electron chi connectivity index (χ1n) is 6.76. The second kappa shape index (κ2) is 6.67. The molecule has 0 aliphatic carbocycles. The second-order valence-electron chi connectivity index (χ2n) is 4.88. The monoisotopic (exact) mass is 282 g/mol. The van der Waals surface area contributed by atoms with Crippen LogP contribution in [0.5, 0.6) is 11.5 Å². The minimum atomic E-state index is 0.0555. The zero-order chi connectivity index (χ0) is 15.2. The smallest absolute Gasteiger partial charge is 0.174 e. The van der Waals surface area contributed by atoms with Crippen molar-refractivity contribution in [2.24, 2.45) is 0 Å². The number of aryl methyl sites for hydroxylation is 1. The van der Waals surface area contributed by atoms with E-state index in [1.54, 1.807) is 6.07 Å². The number of hydrogen-bond acceptors (Lipinski definition) is 4. The number of nitrogens with zero attached hydrogens (tertiary/aromatic N) is 1. The standard InChI is InChI=1S/C17H18N2O2/c1-12-11-15(5-8-17(12)20)19-13(2)14-3-6-16(7-4-14)21-10-9-18/h3-8,11,13,19-20H,10H2,1-2H3. The maximum atomic E-state index is 9.53. The molecule has 0 spiro atoms. The SMILES string of the molecule is Cc1cc(NC(C)c2ccc(OCC#N)cc2)ccc1O. The fourth-order valence-corrected chi connectivity index (χ4v) is 2.05. The van der Waals surface area contributed by atoms with E-state index in [-0.39, 0.29) is 12.6 Å². The summed E-state index contributed by atoms with van der Waals surface area (Å²) < 4.78 is 5.23. The Hall–Kier alpha value is -2.67. The Labute approximate surface area is 124 Å². The third-order valence-electron chi connectivity index (χ3n) is 3.26. The Balaban J connectivity index is 2.04. The van der Waals surface area contributed by atoms with Gasteiger partial charge in [0.15, 0.2) is 6.61 Å². The Morgan fingerprint density at radius 2 is 1.95 bits per heavy atom. The molecule has 4 nitrogen and oxygen atoms in total. The molecule has 2 N–H and O–H groups in total. The van der Waals surface area contributed by atoms with Crippen molar-refractivity contribution < 1.29 is 9.84 Å². The lowest BCUT2D eigenvalue weighted by Crippen LogP contribution is -2.06. The quantitative estimate of drug-likeness (QED) is 0.819. The van der Waals surface area contributed by atoms with Crippen molar-refractivity contribution in [2.75, 3.05) is 11.9 Å². The molecule has 0 bridgehead atoms. The van der Waals surface area contributed by atoms with Crippen LogP contribution in [0, 0.1) is 18.3 Å². The van der Waals surface area contributed by atoms with Crippen molar-refractivity contribution >= 4 is 5.69 Å². The lowest BCUT2D eigenvalue weighted by Gasteiger charge is -2.17. The number of aromatic hydroxyl groups is 1. The number of hydrogen-bond donors (Lipinski definition) is 2. The average Bonchev–Trinajstić information content (AvgIpc) is 2.49. The molecule has 0 heterocycles. The van der Waals surface area contributed by atoms with Crippen LogP contribution in [0.1, 0.15) is 24.1 Å². The van der Waals surface area contributed by atoms with Crippen molar-refractivity contribution in [3.8, 4) is 17.6 Å². The minimum Gasteiger partial charge on any atom is -0.508 e. The highest BCUT2D eigenvalue weighted by molar-refractivity contribution is 5.51. The van der Waals surface area contributed by atoms with Gasteiger partial charge in [0.05, 0.1) is 0 Å². The number of phenolic OH excluding ortho intramolecular Hbond substituents is 1. The molecule has 2 aromatic carbocycles. The highest BCUT2D eigenvalue weighted by Gasteiger charge is 2.06. The highest BCUT2D eigenvalue weighted by atomic mass is 16.5. The molecule has 0 saturated carbocycles. The summed E-state index contributed by atoms with van der Waals surface area (Å²) in [5, 5.41) is 21.4. The average molecular weight is 282 g/mol. The van der Waals surface area contributed by atoms with Crippen LogP contribution in [0.3, 0.4) is 0 Å². The number of phenols is 1. The van der Waals surface area contributed by atoms with Crippen molar-refractivity contribution in [3.63, 3.8) is 0 Å². The van der Waals surface area contributed by atoms with Crippen LogP contribution in [-0.4, -0.2) is 11.7 Å². The van der Waals surface area contributed by atoms with Crippen LogP contribution < -0.4 is 10.1 Å². The third kappa shape index (κ3) is 3.90. The van der Waals surface area contributed by atoms with Gasteiger partial charge >= 0.3 is 0 Å². The molecule has 0 radical (unpaired) electrons. The molecule has 0 amide bonds. The van der Waals surface area contributed by atoms with Gasteiger partial charge in [0.25, 0.3) is 0 Å². The Morgan fingerprint density at radius 1 is 1.24 bits per heavy atom. The van der Waals surface area contributed by atoms with E-state index in [2.05, 4.69) is 12.2 Å². The first-order chi connectivity index (χ1) is 10.1. The summed E-state index contributed by atoms with van der Waals surface area (Å²) in [5.41, 5.74) is 2.92. The van der Waals surface area contributed by atoms with E-state index >= 15 is 0 Å². The van der Waals surface area contributed by atoms with E-state index in [0.29, 0.717) is 11.5 Å². The number of anilines is 1. The molecule has 21 heavy (non-hydrogen) atoms. The third-order valence-corrected chi connectivity index (χ3v) is 3.26. The summed E-state index contributed by atoms with van der Waals surface area (Å²) in [6.07, 6.45) is 0. The number of benzene rings is 2. The largest absolute Gasteiger partial charge is 0.508 e. The molecule has 2 aromatic rings. The van der Waals surface area contributed by atoms with E-state index < -0.39 is 0 Å². The van der Waals surface area contributed by atoms with Crippen molar-refractivity contribution in [1.82, 2.24) is 0 Å². The van der Waals surface area contributed by atoms with Gasteiger partial charge in [-0.1, -0.05) is 12.1 Å². The normalized spacial score (nSPS) is 11.5. The number of nitrogens with one attached hydrogen (secondary N) is 1. The van der Waals surface area contributed by atoms with Gasteiger partial charge in [-0.3, -0.25) is 0 Å². The van der Waals surface area contributed by atoms with Crippen LogP contribution in [0.25, 0.3) is 0 Å². The molecular weight excluding hydrogens is 264 g/mol. The molecule has 1 atom stereocenters. The van der Waals surface area contributed by atoms with Gasteiger partial charge in [-0.05, 0) is 55.3 Å². The molecule has 1 unspecified atom stereocenters. The summed E-state index contributed by atoms with van der Waals surface area (Å²) in [7, 11) is 0. The van der Waals surface area contributed by atoms with E-state index in [0.717, 1.165) is 16.8 Å². The van der Waals surface area contributed by atoms with Gasteiger partial charge in [-0.2, -0.15) is 5.26 Å². The Bertz CT molecular complexity index is 645. The molecule has 0 fully saturated rings. The molecular formula is C17H18N2O2. The summed E-state index contributed by atoms with van der Waals surface area (Å²) in [4.78, 5) is 0. The maximum Gasteiger partial charge on any atom is 0.174 e. The molecule has 4 heteroatoms. The Kier molecular flexibility index (Phi) is 4.68. The Morgan fingerprint density at radius 3 is 2.57 bits per heavy atom. The molecule has 2 rings (SSSR count). The minimum absolute atomic E-state index is 0.0555. The van der Waals surface area contributed by atoms with Gasteiger partial charge in [-0.25, -0.2) is 0 Å². The fourth-order valence-electron chi connectivity index (χ4n) is 2.05. The van der Waals surface area contributed by atoms with Gasteiger partial charge in [0.2, 0.25) is 0 Å². The molecule has 0 saturated heterocycles. The van der Waals surface area contributed by atoms with E-state index in [9.17, 15) is 5.11 Å². The van der Waals surface area contributed by atoms with Gasteiger partial charge in [0.1, 0.15) is 17.6 Å². The lowest BCUT2D eigenvalue weighted by molar-refractivity contribution is 0.368. The number of ether oxygens (including phenoxy) is 1. The van der Waals surface area contributed by atoms with Gasteiger partial charge in [-0.15, -0.1) is 0 Å². The summed E-state index contributed by atoms with van der Waals surface area (Å²) >= 11 is 0. The van der Waals surface area contributed by atoms with E-state index in [4.69, 9.17) is 10.00 Å². The maximum absolute atomic E-state index is 9.53. The van der Waals surface area contributed by atoms with Crippen molar-refractivity contribution in [2.45, 2.75) is 19.9 Å². The number of nitriles is 1. The van der Waals surface area contributed by atoms with Gasteiger partial charge < -0.3 is 15.2 Å². The molecule has 0 aromatic heterocycles. The van der Waals surface area contributed by atoms with Crippen LogP contribution in [0.15, 0.2) is 42.5 Å². The van der Waals surface area contributed by atoms with E-state index in [1.165, 1.54) is 0 Å².